The van der Waals surface area contributed by atoms with Crippen molar-refractivity contribution in [2.45, 2.75) is 19.9 Å². The first-order valence-electron chi connectivity index (χ1n) is 6.45. The Kier molecular flexibility index (Phi) is 4.42. The van der Waals surface area contributed by atoms with Crippen LogP contribution in [0.25, 0.3) is 0 Å². The van der Waals surface area contributed by atoms with Gasteiger partial charge in [0.05, 0.1) is 6.61 Å². The lowest BCUT2D eigenvalue weighted by Gasteiger charge is -2.10. The fourth-order valence-corrected chi connectivity index (χ4v) is 1.77. The lowest BCUT2D eigenvalue weighted by Crippen LogP contribution is -2.04. The quantitative estimate of drug-likeness (QED) is 0.883. The van der Waals surface area contributed by atoms with E-state index in [0.29, 0.717) is 6.61 Å². The Bertz CT molecular complexity index is 521. The highest BCUT2D eigenvalue weighted by Crippen LogP contribution is 2.26. The van der Waals surface area contributed by atoms with E-state index in [2.05, 4.69) is 0 Å². The van der Waals surface area contributed by atoms with Crippen molar-refractivity contribution in [1.29, 1.82) is 0 Å². The van der Waals surface area contributed by atoms with Crippen molar-refractivity contribution in [3.63, 3.8) is 0 Å². The SMILES string of the molecule is CCOc1cccc(Oc2ccc([C@H](C)N)cc2)c1. The average molecular weight is 257 g/mol. The first-order chi connectivity index (χ1) is 9.19. The highest BCUT2D eigenvalue weighted by atomic mass is 16.5. The predicted molar refractivity (Wildman–Crippen MR) is 76.7 cm³/mol. The maximum atomic E-state index is 5.81. The minimum Gasteiger partial charge on any atom is -0.494 e. The number of benzene rings is 2. The molecule has 0 saturated carbocycles. The van der Waals surface area contributed by atoms with Crippen LogP contribution < -0.4 is 15.2 Å². The second-order valence-electron chi connectivity index (χ2n) is 4.37. The fourth-order valence-electron chi connectivity index (χ4n) is 1.77. The van der Waals surface area contributed by atoms with Crippen molar-refractivity contribution >= 4 is 0 Å². The molecule has 1 atom stereocenters. The van der Waals surface area contributed by atoms with Crippen LogP contribution in [0.5, 0.6) is 17.2 Å². The minimum atomic E-state index is 0.0373. The van der Waals surface area contributed by atoms with E-state index >= 15 is 0 Å². The molecule has 0 fully saturated rings. The molecule has 0 bridgehead atoms. The molecule has 0 aliphatic heterocycles. The van der Waals surface area contributed by atoms with Gasteiger partial charge >= 0.3 is 0 Å². The topological polar surface area (TPSA) is 44.5 Å². The second kappa shape index (κ2) is 6.25. The number of ether oxygens (including phenoxy) is 2. The summed E-state index contributed by atoms with van der Waals surface area (Å²) in [6.07, 6.45) is 0. The molecule has 0 aliphatic rings. The van der Waals surface area contributed by atoms with Crippen molar-refractivity contribution in [2.24, 2.45) is 5.73 Å². The maximum absolute atomic E-state index is 5.81. The van der Waals surface area contributed by atoms with E-state index < -0.39 is 0 Å². The van der Waals surface area contributed by atoms with Crippen molar-refractivity contribution in [3.05, 3.63) is 54.1 Å². The molecule has 0 saturated heterocycles. The largest absolute Gasteiger partial charge is 0.494 e. The summed E-state index contributed by atoms with van der Waals surface area (Å²) in [5, 5.41) is 0. The number of nitrogens with two attached hydrogens (primary N) is 1. The predicted octanol–water partition coefficient (Wildman–Crippen LogP) is 3.90. The monoisotopic (exact) mass is 257 g/mol. The summed E-state index contributed by atoms with van der Waals surface area (Å²) in [6.45, 7) is 4.56. The van der Waals surface area contributed by atoms with Crippen molar-refractivity contribution in [1.82, 2.24) is 0 Å². The van der Waals surface area contributed by atoms with Crippen molar-refractivity contribution in [3.8, 4) is 17.2 Å². The van der Waals surface area contributed by atoms with E-state index in [1.54, 1.807) is 0 Å². The molecule has 3 heteroatoms. The van der Waals surface area contributed by atoms with Gasteiger partial charge in [0.1, 0.15) is 17.2 Å². The fraction of sp³-hybridized carbons (Fsp3) is 0.250. The lowest BCUT2D eigenvalue weighted by molar-refractivity contribution is 0.338. The minimum absolute atomic E-state index is 0.0373. The van der Waals surface area contributed by atoms with Crippen LogP contribution in [0.15, 0.2) is 48.5 Å². The third-order valence-electron chi connectivity index (χ3n) is 2.76. The van der Waals surface area contributed by atoms with E-state index in [1.165, 1.54) is 0 Å². The van der Waals surface area contributed by atoms with E-state index in [9.17, 15) is 0 Å². The normalized spacial score (nSPS) is 11.9. The smallest absolute Gasteiger partial charge is 0.131 e. The lowest BCUT2D eigenvalue weighted by atomic mass is 10.1. The first-order valence-corrected chi connectivity index (χ1v) is 6.45. The molecule has 100 valence electrons. The Hall–Kier alpha value is -2.00. The van der Waals surface area contributed by atoms with Gasteiger partial charge in [0.15, 0.2) is 0 Å². The van der Waals surface area contributed by atoms with E-state index in [4.69, 9.17) is 15.2 Å². The molecule has 2 N–H and O–H groups in total. The summed E-state index contributed by atoms with van der Waals surface area (Å²) < 4.78 is 11.2. The molecule has 0 unspecified atom stereocenters. The van der Waals surface area contributed by atoms with Gasteiger partial charge in [-0.1, -0.05) is 18.2 Å². The zero-order valence-corrected chi connectivity index (χ0v) is 11.3. The van der Waals surface area contributed by atoms with E-state index in [1.807, 2.05) is 62.4 Å². The van der Waals surface area contributed by atoms with Gasteiger partial charge in [-0.05, 0) is 43.7 Å². The van der Waals surface area contributed by atoms with Gasteiger partial charge in [0.25, 0.3) is 0 Å². The van der Waals surface area contributed by atoms with Crippen LogP contribution in [0.4, 0.5) is 0 Å². The zero-order valence-electron chi connectivity index (χ0n) is 11.3. The molecule has 2 rings (SSSR count). The van der Waals surface area contributed by atoms with Gasteiger partial charge in [0.2, 0.25) is 0 Å². The molecule has 0 spiro atoms. The van der Waals surface area contributed by atoms with Crippen LogP contribution >= 0.6 is 0 Å². The standard InChI is InChI=1S/C16H19NO2/c1-3-18-15-5-4-6-16(11-15)19-14-9-7-13(8-10-14)12(2)17/h4-12H,3,17H2,1-2H3/t12-/m0/s1. The molecule has 3 nitrogen and oxygen atoms in total. The van der Waals surface area contributed by atoms with Crippen LogP contribution in [0.1, 0.15) is 25.5 Å². The van der Waals surface area contributed by atoms with Crippen LogP contribution in [-0.4, -0.2) is 6.61 Å². The summed E-state index contributed by atoms with van der Waals surface area (Å²) >= 11 is 0. The highest BCUT2D eigenvalue weighted by molar-refractivity contribution is 5.37. The summed E-state index contributed by atoms with van der Waals surface area (Å²) in [4.78, 5) is 0. The van der Waals surface area contributed by atoms with Gasteiger partial charge in [-0.2, -0.15) is 0 Å². The first kappa shape index (κ1) is 13.4. The highest BCUT2D eigenvalue weighted by Gasteiger charge is 2.02. The number of hydrogen-bond donors (Lipinski definition) is 1. The second-order valence-corrected chi connectivity index (χ2v) is 4.37. The van der Waals surface area contributed by atoms with Crippen LogP contribution in [0.3, 0.4) is 0 Å². The molecule has 19 heavy (non-hydrogen) atoms. The molecule has 2 aromatic carbocycles. The van der Waals surface area contributed by atoms with Crippen LogP contribution in [0, 0.1) is 0 Å². The van der Waals surface area contributed by atoms with Crippen LogP contribution in [-0.2, 0) is 0 Å². The average Bonchev–Trinajstić information content (AvgIpc) is 2.40. The van der Waals surface area contributed by atoms with Gasteiger partial charge in [-0.3, -0.25) is 0 Å². The summed E-state index contributed by atoms with van der Waals surface area (Å²) in [7, 11) is 0. The molecule has 0 heterocycles. The molecule has 2 aromatic rings. The van der Waals surface area contributed by atoms with Gasteiger partial charge in [-0.15, -0.1) is 0 Å². The summed E-state index contributed by atoms with van der Waals surface area (Å²) in [6, 6.07) is 15.4. The van der Waals surface area contributed by atoms with E-state index in [-0.39, 0.29) is 6.04 Å². The number of rotatable bonds is 5. The Morgan fingerprint density at radius 2 is 1.68 bits per heavy atom. The Morgan fingerprint density at radius 1 is 1.00 bits per heavy atom. The molecule has 0 aliphatic carbocycles. The Balaban J connectivity index is 2.10. The third-order valence-corrected chi connectivity index (χ3v) is 2.76. The Morgan fingerprint density at radius 3 is 2.32 bits per heavy atom. The number of hydrogen-bond acceptors (Lipinski definition) is 3. The molecular formula is C16H19NO2. The zero-order chi connectivity index (χ0) is 13.7. The third kappa shape index (κ3) is 3.73. The molecular weight excluding hydrogens is 238 g/mol. The van der Waals surface area contributed by atoms with Crippen LogP contribution in [0.2, 0.25) is 0 Å². The maximum Gasteiger partial charge on any atom is 0.131 e. The Labute approximate surface area is 114 Å². The van der Waals surface area contributed by atoms with Crippen molar-refractivity contribution < 1.29 is 9.47 Å². The van der Waals surface area contributed by atoms with E-state index in [0.717, 1.165) is 22.8 Å². The summed E-state index contributed by atoms with van der Waals surface area (Å²) in [5.74, 6) is 2.37. The van der Waals surface area contributed by atoms with Gasteiger partial charge < -0.3 is 15.2 Å². The van der Waals surface area contributed by atoms with Gasteiger partial charge in [0, 0.05) is 12.1 Å². The molecule has 0 amide bonds. The van der Waals surface area contributed by atoms with Crippen molar-refractivity contribution in [2.75, 3.05) is 6.61 Å². The van der Waals surface area contributed by atoms with Gasteiger partial charge in [-0.25, -0.2) is 0 Å². The molecule has 0 radical (unpaired) electrons. The summed E-state index contributed by atoms with van der Waals surface area (Å²) in [5.41, 5.74) is 6.91. The molecule has 0 aromatic heterocycles.